The summed E-state index contributed by atoms with van der Waals surface area (Å²) in [5, 5.41) is 0. The molecule has 0 heterocycles. The van der Waals surface area contributed by atoms with Crippen LogP contribution in [0.2, 0.25) is 0 Å². The van der Waals surface area contributed by atoms with Crippen LogP contribution in [-0.2, 0) is 6.42 Å². The Labute approximate surface area is 118 Å². The Bertz CT molecular complexity index is 349. The van der Waals surface area contributed by atoms with Gasteiger partial charge in [0.25, 0.3) is 0 Å². The van der Waals surface area contributed by atoms with E-state index in [-0.39, 0.29) is 5.54 Å². The lowest BCUT2D eigenvalue weighted by molar-refractivity contribution is 0.210. The van der Waals surface area contributed by atoms with E-state index in [0.717, 1.165) is 5.92 Å². The highest BCUT2D eigenvalue weighted by Crippen LogP contribution is 2.35. The van der Waals surface area contributed by atoms with Crippen LogP contribution in [0.4, 0.5) is 0 Å². The molecule has 1 aliphatic rings. The highest BCUT2D eigenvalue weighted by Gasteiger charge is 2.30. The molecule has 0 saturated heterocycles. The summed E-state index contributed by atoms with van der Waals surface area (Å²) in [7, 11) is 0. The Balaban J connectivity index is 1.71. The first kappa shape index (κ1) is 14.6. The minimum Gasteiger partial charge on any atom is -0.325 e. The molecule has 1 aromatic rings. The van der Waals surface area contributed by atoms with Gasteiger partial charge in [-0.1, -0.05) is 50.1 Å². The van der Waals surface area contributed by atoms with Crippen LogP contribution < -0.4 is 5.73 Å². The summed E-state index contributed by atoms with van der Waals surface area (Å²) in [6, 6.07) is 10.8. The molecule has 1 saturated carbocycles. The first-order chi connectivity index (χ1) is 9.22. The van der Waals surface area contributed by atoms with Crippen LogP contribution in [0.5, 0.6) is 0 Å². The molecule has 1 aromatic carbocycles. The van der Waals surface area contributed by atoms with Crippen LogP contribution in [0, 0.1) is 5.92 Å². The fourth-order valence-corrected chi connectivity index (χ4v) is 3.49. The van der Waals surface area contributed by atoms with Crippen molar-refractivity contribution in [3.63, 3.8) is 0 Å². The fourth-order valence-electron chi connectivity index (χ4n) is 3.49. The average molecular weight is 259 g/mol. The van der Waals surface area contributed by atoms with Crippen molar-refractivity contribution >= 4 is 0 Å². The van der Waals surface area contributed by atoms with Gasteiger partial charge in [0.2, 0.25) is 0 Å². The topological polar surface area (TPSA) is 26.0 Å². The van der Waals surface area contributed by atoms with Gasteiger partial charge in [-0.15, -0.1) is 0 Å². The van der Waals surface area contributed by atoms with Crippen molar-refractivity contribution in [2.24, 2.45) is 11.7 Å². The van der Waals surface area contributed by atoms with Crippen molar-refractivity contribution in [1.29, 1.82) is 0 Å². The first-order valence-corrected chi connectivity index (χ1v) is 8.05. The molecule has 106 valence electrons. The maximum Gasteiger partial charge on any atom is 0.0154 e. The largest absolute Gasteiger partial charge is 0.325 e. The molecule has 0 bridgehead atoms. The van der Waals surface area contributed by atoms with E-state index in [4.69, 9.17) is 5.73 Å². The first-order valence-electron chi connectivity index (χ1n) is 8.05. The number of aryl methyl sites for hydroxylation is 1. The Kier molecular flexibility index (Phi) is 5.45. The summed E-state index contributed by atoms with van der Waals surface area (Å²) < 4.78 is 0. The van der Waals surface area contributed by atoms with Crippen LogP contribution in [0.15, 0.2) is 30.3 Å². The van der Waals surface area contributed by atoms with E-state index >= 15 is 0 Å². The zero-order valence-electron chi connectivity index (χ0n) is 12.4. The van der Waals surface area contributed by atoms with Gasteiger partial charge in [0, 0.05) is 5.54 Å². The summed E-state index contributed by atoms with van der Waals surface area (Å²) in [4.78, 5) is 0. The molecular weight excluding hydrogens is 230 g/mol. The van der Waals surface area contributed by atoms with Crippen molar-refractivity contribution in [2.45, 2.75) is 70.3 Å². The van der Waals surface area contributed by atoms with Crippen molar-refractivity contribution in [3.05, 3.63) is 35.9 Å². The average Bonchev–Trinajstić information content (AvgIpc) is 2.43. The summed E-state index contributed by atoms with van der Waals surface area (Å²) in [5.74, 6) is 0.954. The maximum atomic E-state index is 6.58. The zero-order chi connectivity index (χ0) is 13.6. The van der Waals surface area contributed by atoms with Gasteiger partial charge in [-0.3, -0.25) is 0 Å². The Morgan fingerprint density at radius 3 is 2.47 bits per heavy atom. The van der Waals surface area contributed by atoms with Gasteiger partial charge in [0.05, 0.1) is 0 Å². The highest BCUT2D eigenvalue weighted by molar-refractivity contribution is 5.14. The van der Waals surface area contributed by atoms with Gasteiger partial charge < -0.3 is 5.73 Å². The SMILES string of the molecule is CCCC1CCC(N)(CCCc2ccccc2)CC1. The lowest BCUT2D eigenvalue weighted by Crippen LogP contribution is -2.43. The molecule has 1 aliphatic carbocycles. The molecule has 0 atom stereocenters. The summed E-state index contributed by atoms with van der Waals surface area (Å²) >= 11 is 0. The van der Waals surface area contributed by atoms with Crippen molar-refractivity contribution in [2.75, 3.05) is 0 Å². The molecule has 1 nitrogen and oxygen atoms in total. The molecule has 0 aromatic heterocycles. The zero-order valence-corrected chi connectivity index (χ0v) is 12.4. The van der Waals surface area contributed by atoms with Gasteiger partial charge in [-0.05, 0) is 56.4 Å². The third-order valence-electron chi connectivity index (χ3n) is 4.78. The second-order valence-corrected chi connectivity index (χ2v) is 6.43. The minimum atomic E-state index is 0.138. The number of nitrogens with two attached hydrogens (primary N) is 1. The molecule has 1 fully saturated rings. The van der Waals surface area contributed by atoms with E-state index in [9.17, 15) is 0 Å². The lowest BCUT2D eigenvalue weighted by atomic mass is 9.73. The molecule has 0 unspecified atom stereocenters. The summed E-state index contributed by atoms with van der Waals surface area (Å²) in [6.07, 6.45) is 11.5. The van der Waals surface area contributed by atoms with Crippen molar-refractivity contribution < 1.29 is 0 Å². The van der Waals surface area contributed by atoms with Crippen LogP contribution >= 0.6 is 0 Å². The smallest absolute Gasteiger partial charge is 0.0154 e. The molecular formula is C18H29N. The standard InChI is InChI=1S/C18H29N/c1-2-7-16-11-14-18(19,15-12-16)13-6-10-17-8-4-3-5-9-17/h3-5,8-9,16H,2,6-7,10-15,19H2,1H3. The normalized spacial score (nSPS) is 27.4. The Morgan fingerprint density at radius 1 is 1.16 bits per heavy atom. The number of hydrogen-bond donors (Lipinski definition) is 1. The third kappa shape index (κ3) is 4.65. The second-order valence-electron chi connectivity index (χ2n) is 6.43. The number of hydrogen-bond acceptors (Lipinski definition) is 1. The predicted octanol–water partition coefficient (Wildman–Crippen LogP) is 4.70. The van der Waals surface area contributed by atoms with Crippen LogP contribution in [-0.4, -0.2) is 5.54 Å². The quantitative estimate of drug-likeness (QED) is 0.787. The Hall–Kier alpha value is -0.820. The number of rotatable bonds is 6. The third-order valence-corrected chi connectivity index (χ3v) is 4.78. The van der Waals surface area contributed by atoms with E-state index in [0.29, 0.717) is 0 Å². The van der Waals surface area contributed by atoms with Crippen LogP contribution in [0.3, 0.4) is 0 Å². The lowest BCUT2D eigenvalue weighted by Gasteiger charge is -2.37. The number of benzene rings is 1. The summed E-state index contributed by atoms with van der Waals surface area (Å²) in [6.45, 7) is 2.30. The van der Waals surface area contributed by atoms with E-state index in [1.807, 2.05) is 0 Å². The van der Waals surface area contributed by atoms with Crippen LogP contribution in [0.25, 0.3) is 0 Å². The summed E-state index contributed by atoms with van der Waals surface area (Å²) in [5.41, 5.74) is 8.17. The van der Waals surface area contributed by atoms with Gasteiger partial charge in [0.1, 0.15) is 0 Å². The molecule has 0 spiro atoms. The Morgan fingerprint density at radius 2 is 1.84 bits per heavy atom. The predicted molar refractivity (Wildman–Crippen MR) is 83.2 cm³/mol. The molecule has 2 rings (SSSR count). The highest BCUT2D eigenvalue weighted by atomic mass is 14.7. The molecule has 19 heavy (non-hydrogen) atoms. The fraction of sp³-hybridized carbons (Fsp3) is 0.667. The van der Waals surface area contributed by atoms with Crippen molar-refractivity contribution in [1.82, 2.24) is 0 Å². The molecule has 0 radical (unpaired) electrons. The van der Waals surface area contributed by atoms with Crippen LogP contribution in [0.1, 0.15) is 63.9 Å². The van der Waals surface area contributed by atoms with E-state index in [2.05, 4.69) is 37.3 Å². The van der Waals surface area contributed by atoms with Gasteiger partial charge >= 0.3 is 0 Å². The van der Waals surface area contributed by atoms with E-state index in [1.54, 1.807) is 0 Å². The molecule has 1 heteroatoms. The maximum absolute atomic E-state index is 6.58. The monoisotopic (exact) mass is 259 g/mol. The van der Waals surface area contributed by atoms with Gasteiger partial charge in [0.15, 0.2) is 0 Å². The van der Waals surface area contributed by atoms with E-state index in [1.165, 1.54) is 63.4 Å². The van der Waals surface area contributed by atoms with E-state index < -0.39 is 0 Å². The van der Waals surface area contributed by atoms with Gasteiger partial charge in [-0.2, -0.15) is 0 Å². The van der Waals surface area contributed by atoms with Gasteiger partial charge in [-0.25, -0.2) is 0 Å². The second kappa shape index (κ2) is 7.09. The molecule has 0 amide bonds. The molecule has 2 N–H and O–H groups in total. The van der Waals surface area contributed by atoms with Crippen molar-refractivity contribution in [3.8, 4) is 0 Å². The minimum absolute atomic E-state index is 0.138. The molecule has 0 aliphatic heterocycles.